The van der Waals surface area contributed by atoms with E-state index >= 15 is 0 Å². The largest absolute Gasteiger partial charge is 0.490 e. The van der Waals surface area contributed by atoms with Crippen molar-refractivity contribution in [3.05, 3.63) is 100 Å². The van der Waals surface area contributed by atoms with Crippen LogP contribution in [0.2, 0.25) is 5.02 Å². The predicted molar refractivity (Wildman–Crippen MR) is 151 cm³/mol. The Morgan fingerprint density at radius 3 is 2.44 bits per heavy atom. The first-order valence-corrected chi connectivity index (χ1v) is 13.8. The first-order chi connectivity index (χ1) is 18.6. The Morgan fingerprint density at radius 1 is 1.08 bits per heavy atom. The zero-order valence-corrected chi connectivity index (χ0v) is 23.5. The Balaban J connectivity index is 1.51. The van der Waals surface area contributed by atoms with Gasteiger partial charge in [-0.15, -0.1) is 0 Å². The Labute approximate surface area is 235 Å². The van der Waals surface area contributed by atoms with Gasteiger partial charge in [-0.2, -0.15) is 0 Å². The fraction of sp³-hybridized carbons (Fsp3) is 0.438. The molecule has 0 aliphatic carbocycles. The molecule has 1 aliphatic rings. The lowest BCUT2D eigenvalue weighted by Gasteiger charge is -2.45. The number of aliphatic hydroxyl groups is 2. The lowest BCUT2D eigenvalue weighted by Crippen LogP contribution is -2.53. The minimum atomic E-state index is -1.40. The summed E-state index contributed by atoms with van der Waals surface area (Å²) in [5.41, 5.74) is 1.39. The van der Waals surface area contributed by atoms with Crippen LogP contribution in [0.5, 0.6) is 5.75 Å². The van der Waals surface area contributed by atoms with E-state index in [-0.39, 0.29) is 19.3 Å². The van der Waals surface area contributed by atoms with E-state index in [2.05, 4.69) is 0 Å². The van der Waals surface area contributed by atoms with Gasteiger partial charge in [0.15, 0.2) is 0 Å². The highest BCUT2D eigenvalue weighted by Crippen LogP contribution is 2.41. The number of alkyl halides is 1. The first-order valence-electron chi connectivity index (χ1n) is 13.4. The van der Waals surface area contributed by atoms with Crippen LogP contribution in [0.4, 0.5) is 4.39 Å². The molecule has 1 saturated heterocycles. The number of ether oxygens (including phenoxy) is 3. The molecule has 1 heterocycles. The van der Waals surface area contributed by atoms with Crippen LogP contribution in [0.15, 0.2) is 72.8 Å². The molecule has 3 aromatic carbocycles. The minimum absolute atomic E-state index is 0.0144. The molecule has 7 heteroatoms. The van der Waals surface area contributed by atoms with Gasteiger partial charge in [-0.25, -0.2) is 4.39 Å². The molecule has 3 unspecified atom stereocenters. The summed E-state index contributed by atoms with van der Waals surface area (Å²) in [5, 5.41) is 21.5. The van der Waals surface area contributed by atoms with Crippen LogP contribution >= 0.6 is 11.6 Å². The third-order valence-corrected chi connectivity index (χ3v) is 7.49. The summed E-state index contributed by atoms with van der Waals surface area (Å²) in [4.78, 5) is 0. The van der Waals surface area contributed by atoms with Gasteiger partial charge in [-0.1, -0.05) is 66.2 Å². The van der Waals surface area contributed by atoms with Crippen LogP contribution < -0.4 is 4.74 Å². The molecule has 3 aromatic rings. The molecule has 4 rings (SSSR count). The van der Waals surface area contributed by atoms with E-state index in [9.17, 15) is 14.6 Å². The maximum absolute atomic E-state index is 13.8. The van der Waals surface area contributed by atoms with Gasteiger partial charge in [0.05, 0.1) is 31.5 Å². The molecule has 0 amide bonds. The van der Waals surface area contributed by atoms with E-state index in [4.69, 9.17) is 25.8 Å². The van der Waals surface area contributed by atoms with Gasteiger partial charge in [0.2, 0.25) is 0 Å². The Morgan fingerprint density at radius 2 is 1.79 bits per heavy atom. The monoisotopic (exact) mass is 556 g/mol. The van der Waals surface area contributed by atoms with Crippen LogP contribution in [0, 0.1) is 0 Å². The van der Waals surface area contributed by atoms with Gasteiger partial charge in [-0.3, -0.25) is 0 Å². The van der Waals surface area contributed by atoms with Gasteiger partial charge in [0.25, 0.3) is 0 Å². The average Bonchev–Trinajstić information content (AvgIpc) is 2.92. The first kappa shape index (κ1) is 29.5. The summed E-state index contributed by atoms with van der Waals surface area (Å²) in [7, 11) is 0. The van der Waals surface area contributed by atoms with E-state index in [0.717, 1.165) is 22.3 Å². The lowest BCUT2D eigenvalue weighted by atomic mass is 9.84. The lowest BCUT2D eigenvalue weighted by molar-refractivity contribution is -0.228. The number of rotatable bonds is 11. The number of halogens is 2. The molecular weight excluding hydrogens is 519 g/mol. The Bertz CT molecular complexity index is 1200. The van der Waals surface area contributed by atoms with Crippen LogP contribution in [0.25, 0.3) is 0 Å². The molecule has 0 saturated carbocycles. The van der Waals surface area contributed by atoms with Crippen molar-refractivity contribution in [2.24, 2.45) is 0 Å². The fourth-order valence-corrected chi connectivity index (χ4v) is 5.00. The van der Waals surface area contributed by atoms with Crippen LogP contribution in [0.1, 0.15) is 62.0 Å². The highest BCUT2D eigenvalue weighted by atomic mass is 35.5. The maximum Gasteiger partial charge on any atom is 0.139 e. The Hall–Kier alpha value is -2.48. The van der Waals surface area contributed by atoms with Crippen molar-refractivity contribution in [1.29, 1.82) is 0 Å². The average molecular weight is 557 g/mol. The van der Waals surface area contributed by atoms with Crippen molar-refractivity contribution < 1.29 is 28.8 Å². The summed E-state index contributed by atoms with van der Waals surface area (Å²) in [6, 6.07) is 23.3. The van der Waals surface area contributed by atoms with Crippen molar-refractivity contribution in [1.82, 2.24) is 0 Å². The van der Waals surface area contributed by atoms with E-state index in [1.807, 2.05) is 72.8 Å². The molecule has 1 aliphatic heterocycles. The zero-order chi connectivity index (χ0) is 28.0. The second-order valence-electron chi connectivity index (χ2n) is 11.0. The molecule has 4 atom stereocenters. The van der Waals surface area contributed by atoms with Crippen molar-refractivity contribution in [2.45, 2.75) is 76.2 Å². The third-order valence-electron chi connectivity index (χ3n) is 7.13. The molecule has 5 nitrogen and oxygen atoms in total. The van der Waals surface area contributed by atoms with Crippen molar-refractivity contribution in [3.8, 4) is 5.75 Å². The molecule has 1 fully saturated rings. The molecule has 39 heavy (non-hydrogen) atoms. The highest BCUT2D eigenvalue weighted by molar-refractivity contribution is 6.31. The molecule has 0 aromatic heterocycles. The maximum atomic E-state index is 13.8. The van der Waals surface area contributed by atoms with Crippen LogP contribution in [-0.2, 0) is 22.5 Å². The van der Waals surface area contributed by atoms with Gasteiger partial charge >= 0.3 is 0 Å². The second-order valence-corrected chi connectivity index (χ2v) is 11.4. The van der Waals surface area contributed by atoms with Gasteiger partial charge in [-0.05, 0) is 67.6 Å². The van der Waals surface area contributed by atoms with Crippen molar-refractivity contribution in [2.75, 3.05) is 13.2 Å². The second kappa shape index (κ2) is 12.8. The van der Waals surface area contributed by atoms with Gasteiger partial charge in [0.1, 0.15) is 23.6 Å². The topological polar surface area (TPSA) is 68.2 Å². The quantitative estimate of drug-likeness (QED) is 0.278. The highest BCUT2D eigenvalue weighted by Gasteiger charge is 2.45. The van der Waals surface area contributed by atoms with Crippen LogP contribution in [0.3, 0.4) is 0 Å². The molecular formula is C32H38ClFO5. The summed E-state index contributed by atoms with van der Waals surface area (Å²) < 4.78 is 32.0. The molecule has 210 valence electrons. The number of hydrogen-bond acceptors (Lipinski definition) is 5. The molecule has 2 N–H and O–H groups in total. The smallest absolute Gasteiger partial charge is 0.139 e. The van der Waals surface area contributed by atoms with E-state index in [1.54, 1.807) is 6.92 Å². The van der Waals surface area contributed by atoms with E-state index in [1.165, 1.54) is 13.8 Å². The number of aliphatic hydroxyl groups excluding tert-OH is 2. The standard InChI is InChI=1S/C32H38ClFO5/c1-22(36)32(20-35)18-28(37-19-24-7-5-4-6-8-24)17-30(39-32)25-11-14-29(33)26(16-25)15-23-9-12-27(13-10-23)38-21-31(2,3)34/h4-14,16,22,28,30,35-36H,15,17-21H2,1-3H3/t22?,28?,30?,32-/m1/s1. The summed E-state index contributed by atoms with van der Waals surface area (Å²) in [5.74, 6) is 0.611. The number of hydrogen-bond donors (Lipinski definition) is 2. The zero-order valence-electron chi connectivity index (χ0n) is 22.8. The summed E-state index contributed by atoms with van der Waals surface area (Å²) in [6.07, 6.45) is 0.0644. The van der Waals surface area contributed by atoms with Gasteiger partial charge in [0, 0.05) is 17.9 Å². The van der Waals surface area contributed by atoms with E-state index in [0.29, 0.717) is 36.6 Å². The number of benzene rings is 3. The third kappa shape index (κ3) is 8.03. The van der Waals surface area contributed by atoms with Crippen molar-refractivity contribution in [3.63, 3.8) is 0 Å². The molecule has 0 radical (unpaired) electrons. The van der Waals surface area contributed by atoms with Crippen LogP contribution in [-0.4, -0.2) is 46.9 Å². The summed E-state index contributed by atoms with van der Waals surface area (Å²) >= 11 is 6.58. The fourth-order valence-electron chi connectivity index (χ4n) is 4.82. The Kier molecular flexibility index (Phi) is 9.68. The van der Waals surface area contributed by atoms with E-state index < -0.39 is 23.5 Å². The minimum Gasteiger partial charge on any atom is -0.490 e. The predicted octanol–water partition coefficient (Wildman–Crippen LogP) is 6.61. The normalized spacial score (nSPS) is 22.4. The van der Waals surface area contributed by atoms with Crippen molar-refractivity contribution >= 4 is 11.6 Å². The molecule has 0 bridgehead atoms. The van der Waals surface area contributed by atoms with Gasteiger partial charge < -0.3 is 24.4 Å². The summed E-state index contributed by atoms with van der Waals surface area (Å²) in [6.45, 7) is 4.71. The SMILES string of the molecule is CC(O)[C@]1(CO)CC(OCc2ccccc2)CC(c2ccc(Cl)c(Cc3ccc(OCC(C)(C)F)cc3)c2)O1. The molecule has 0 spiro atoms.